The second-order valence-corrected chi connectivity index (χ2v) is 5.91. The standard InChI is InChI=1S/C21H18F2N2O3/c1-27-19-10-14(7-8-18(19)28-13-15-4-3-9-24-11-15)12-25-21(26)20-16(22)5-2-6-17(20)23/h2-11H,12-13H2,1H3,(H,25,26). The van der Waals surface area contributed by atoms with Gasteiger partial charge >= 0.3 is 0 Å². The lowest BCUT2D eigenvalue weighted by atomic mass is 10.1. The summed E-state index contributed by atoms with van der Waals surface area (Å²) in [6.07, 6.45) is 3.39. The van der Waals surface area contributed by atoms with E-state index in [0.29, 0.717) is 23.7 Å². The van der Waals surface area contributed by atoms with Crippen LogP contribution < -0.4 is 14.8 Å². The maximum atomic E-state index is 13.7. The van der Waals surface area contributed by atoms with Gasteiger partial charge in [0, 0.05) is 24.5 Å². The SMILES string of the molecule is COc1cc(CNC(=O)c2c(F)cccc2F)ccc1OCc1cccnc1. The van der Waals surface area contributed by atoms with Crippen LogP contribution >= 0.6 is 0 Å². The van der Waals surface area contributed by atoms with Crippen LogP contribution in [0.3, 0.4) is 0 Å². The number of methoxy groups -OCH3 is 1. The predicted molar refractivity (Wildman–Crippen MR) is 99.1 cm³/mol. The summed E-state index contributed by atoms with van der Waals surface area (Å²) in [5, 5.41) is 2.50. The minimum Gasteiger partial charge on any atom is -0.493 e. The fourth-order valence-corrected chi connectivity index (χ4v) is 2.57. The van der Waals surface area contributed by atoms with E-state index in [9.17, 15) is 13.6 Å². The molecule has 0 fully saturated rings. The van der Waals surface area contributed by atoms with E-state index >= 15 is 0 Å². The summed E-state index contributed by atoms with van der Waals surface area (Å²) in [4.78, 5) is 16.1. The minimum absolute atomic E-state index is 0.0753. The molecule has 1 aromatic heterocycles. The third-order valence-electron chi connectivity index (χ3n) is 3.99. The molecule has 0 bridgehead atoms. The number of nitrogens with zero attached hydrogens (tertiary/aromatic N) is 1. The van der Waals surface area contributed by atoms with Crippen LogP contribution in [0.15, 0.2) is 60.9 Å². The normalized spacial score (nSPS) is 10.4. The van der Waals surface area contributed by atoms with Gasteiger partial charge in [-0.3, -0.25) is 9.78 Å². The van der Waals surface area contributed by atoms with E-state index in [1.54, 1.807) is 30.6 Å². The van der Waals surface area contributed by atoms with Crippen LogP contribution in [0.1, 0.15) is 21.5 Å². The number of hydrogen-bond acceptors (Lipinski definition) is 4. The Morgan fingerprint density at radius 2 is 1.82 bits per heavy atom. The van der Waals surface area contributed by atoms with E-state index in [2.05, 4.69) is 10.3 Å². The zero-order valence-corrected chi connectivity index (χ0v) is 15.1. The highest BCUT2D eigenvalue weighted by Gasteiger charge is 2.17. The van der Waals surface area contributed by atoms with Crippen LogP contribution in [0, 0.1) is 11.6 Å². The van der Waals surface area contributed by atoms with Crippen molar-refractivity contribution in [3.63, 3.8) is 0 Å². The van der Waals surface area contributed by atoms with Crippen molar-refractivity contribution in [2.75, 3.05) is 7.11 Å². The molecule has 1 amide bonds. The molecular formula is C21H18F2N2O3. The van der Waals surface area contributed by atoms with Crippen molar-refractivity contribution >= 4 is 5.91 Å². The average Bonchev–Trinajstić information content (AvgIpc) is 2.71. The first-order valence-electron chi connectivity index (χ1n) is 8.49. The maximum absolute atomic E-state index is 13.7. The molecular weight excluding hydrogens is 366 g/mol. The van der Waals surface area contributed by atoms with Gasteiger partial charge in [0.15, 0.2) is 11.5 Å². The molecule has 0 saturated heterocycles. The highest BCUT2D eigenvalue weighted by Crippen LogP contribution is 2.29. The van der Waals surface area contributed by atoms with Crippen molar-refractivity contribution in [2.45, 2.75) is 13.2 Å². The number of amides is 1. The van der Waals surface area contributed by atoms with Crippen molar-refractivity contribution in [2.24, 2.45) is 0 Å². The Bertz CT molecular complexity index is 945. The number of nitrogens with one attached hydrogen (secondary N) is 1. The van der Waals surface area contributed by atoms with Gasteiger partial charge in [-0.2, -0.15) is 0 Å². The van der Waals surface area contributed by atoms with Crippen LogP contribution in [-0.2, 0) is 13.2 Å². The molecule has 0 aliphatic heterocycles. The lowest BCUT2D eigenvalue weighted by Crippen LogP contribution is -2.25. The number of carbonyl (C=O) groups is 1. The quantitative estimate of drug-likeness (QED) is 0.672. The maximum Gasteiger partial charge on any atom is 0.257 e. The fourth-order valence-electron chi connectivity index (χ4n) is 2.57. The molecule has 7 heteroatoms. The zero-order valence-electron chi connectivity index (χ0n) is 15.1. The summed E-state index contributed by atoms with van der Waals surface area (Å²) in [6, 6.07) is 12.1. The summed E-state index contributed by atoms with van der Waals surface area (Å²) < 4.78 is 38.4. The largest absolute Gasteiger partial charge is 0.493 e. The predicted octanol–water partition coefficient (Wildman–Crippen LogP) is 3.88. The number of halogens is 2. The third-order valence-corrected chi connectivity index (χ3v) is 3.99. The second kappa shape index (κ2) is 8.94. The van der Waals surface area contributed by atoms with Crippen LogP contribution in [-0.4, -0.2) is 18.0 Å². The molecule has 1 heterocycles. The first-order valence-corrected chi connectivity index (χ1v) is 8.49. The summed E-state index contributed by atoms with van der Waals surface area (Å²) in [5.74, 6) is -1.63. The average molecular weight is 384 g/mol. The van der Waals surface area contributed by atoms with E-state index in [4.69, 9.17) is 9.47 Å². The van der Waals surface area contributed by atoms with Crippen molar-refractivity contribution in [3.05, 3.63) is 89.2 Å². The van der Waals surface area contributed by atoms with Gasteiger partial charge in [-0.15, -0.1) is 0 Å². The zero-order chi connectivity index (χ0) is 19.9. The van der Waals surface area contributed by atoms with Gasteiger partial charge < -0.3 is 14.8 Å². The number of rotatable bonds is 7. The molecule has 3 aromatic rings. The van der Waals surface area contributed by atoms with Gasteiger partial charge in [0.05, 0.1) is 7.11 Å². The molecule has 0 spiro atoms. The van der Waals surface area contributed by atoms with Crippen molar-refractivity contribution in [1.82, 2.24) is 10.3 Å². The highest BCUT2D eigenvalue weighted by molar-refractivity contribution is 5.94. The Kier molecular flexibility index (Phi) is 6.16. The first kappa shape index (κ1) is 19.3. The number of carbonyl (C=O) groups excluding carboxylic acids is 1. The number of benzene rings is 2. The molecule has 0 saturated carbocycles. The molecule has 0 unspecified atom stereocenters. The lowest BCUT2D eigenvalue weighted by molar-refractivity contribution is 0.0942. The highest BCUT2D eigenvalue weighted by atomic mass is 19.1. The Hall–Kier alpha value is -3.48. The van der Waals surface area contributed by atoms with Gasteiger partial charge in [0.25, 0.3) is 5.91 Å². The van der Waals surface area contributed by atoms with Crippen molar-refractivity contribution < 1.29 is 23.0 Å². The van der Waals surface area contributed by atoms with E-state index in [1.165, 1.54) is 13.2 Å². The Balaban J connectivity index is 1.66. The summed E-state index contributed by atoms with van der Waals surface area (Å²) in [6.45, 7) is 0.401. The Labute approximate surface area is 160 Å². The molecule has 0 aliphatic carbocycles. The van der Waals surface area contributed by atoms with Crippen molar-refractivity contribution in [3.8, 4) is 11.5 Å². The van der Waals surface area contributed by atoms with Gasteiger partial charge in [-0.05, 0) is 35.9 Å². The van der Waals surface area contributed by atoms with E-state index < -0.39 is 23.1 Å². The first-order chi connectivity index (χ1) is 13.6. The number of hydrogen-bond donors (Lipinski definition) is 1. The lowest BCUT2D eigenvalue weighted by Gasteiger charge is -2.13. The molecule has 5 nitrogen and oxygen atoms in total. The summed E-state index contributed by atoms with van der Waals surface area (Å²) in [5.41, 5.74) is 0.995. The molecule has 0 aliphatic rings. The van der Waals surface area contributed by atoms with E-state index in [-0.39, 0.29) is 6.54 Å². The van der Waals surface area contributed by atoms with Crippen LogP contribution in [0.2, 0.25) is 0 Å². The van der Waals surface area contributed by atoms with Crippen LogP contribution in [0.25, 0.3) is 0 Å². The molecule has 0 atom stereocenters. The number of ether oxygens (including phenoxy) is 2. The van der Waals surface area contributed by atoms with Gasteiger partial charge in [-0.25, -0.2) is 8.78 Å². The van der Waals surface area contributed by atoms with Gasteiger partial charge in [0.2, 0.25) is 0 Å². The van der Waals surface area contributed by atoms with E-state index in [0.717, 1.165) is 17.7 Å². The number of pyridine rings is 1. The molecule has 1 N–H and O–H groups in total. The van der Waals surface area contributed by atoms with Crippen LogP contribution in [0.5, 0.6) is 11.5 Å². The van der Waals surface area contributed by atoms with Gasteiger partial charge in [-0.1, -0.05) is 18.2 Å². The van der Waals surface area contributed by atoms with Crippen molar-refractivity contribution in [1.29, 1.82) is 0 Å². The number of aromatic nitrogens is 1. The Morgan fingerprint density at radius 1 is 1.04 bits per heavy atom. The summed E-state index contributed by atoms with van der Waals surface area (Å²) >= 11 is 0. The fraction of sp³-hybridized carbons (Fsp3) is 0.143. The Morgan fingerprint density at radius 3 is 2.50 bits per heavy atom. The topological polar surface area (TPSA) is 60.5 Å². The molecule has 28 heavy (non-hydrogen) atoms. The minimum atomic E-state index is -0.908. The van der Waals surface area contributed by atoms with E-state index in [1.807, 2.05) is 12.1 Å². The molecule has 0 radical (unpaired) electrons. The third kappa shape index (κ3) is 4.62. The summed E-state index contributed by atoms with van der Waals surface area (Å²) in [7, 11) is 1.50. The smallest absolute Gasteiger partial charge is 0.257 e. The second-order valence-electron chi connectivity index (χ2n) is 5.91. The van der Waals surface area contributed by atoms with Gasteiger partial charge in [0.1, 0.15) is 23.8 Å². The molecule has 3 rings (SSSR count). The molecule has 2 aromatic carbocycles. The van der Waals surface area contributed by atoms with Crippen LogP contribution in [0.4, 0.5) is 8.78 Å². The molecule has 144 valence electrons. The monoisotopic (exact) mass is 384 g/mol.